The molecule has 0 radical (unpaired) electrons. The van der Waals surface area contributed by atoms with Gasteiger partial charge in [-0.3, -0.25) is 0 Å². The lowest BCUT2D eigenvalue weighted by Gasteiger charge is -2.21. The molecule has 1 heterocycles. The summed E-state index contributed by atoms with van der Waals surface area (Å²) < 4.78 is 5.14. The summed E-state index contributed by atoms with van der Waals surface area (Å²) in [5.74, 6) is 0.386. The van der Waals surface area contributed by atoms with Crippen molar-refractivity contribution in [3.05, 3.63) is 52.9 Å². The van der Waals surface area contributed by atoms with Crippen LogP contribution in [0.2, 0.25) is 5.02 Å². The topological polar surface area (TPSA) is 74.5 Å². The fourth-order valence-corrected chi connectivity index (χ4v) is 1.99. The maximum absolute atomic E-state index is 11.9. The normalized spacial score (nSPS) is 13.5. The van der Waals surface area contributed by atoms with Gasteiger partial charge in [-0.1, -0.05) is 17.7 Å². The Morgan fingerprint density at radius 3 is 2.86 bits per heavy atom. The Bertz CT molecular complexity index is 624. The van der Waals surface area contributed by atoms with Crippen LogP contribution in [0, 0.1) is 6.92 Å². The third kappa shape index (κ3) is 4.00. The minimum Gasteiger partial charge on any atom is -0.466 e. The Balaban J connectivity index is 1.95. The monoisotopic (exact) mass is 308 g/mol. The molecule has 5 nitrogen and oxygen atoms in total. The maximum Gasteiger partial charge on any atom is 0.319 e. The molecule has 1 unspecified atom stereocenters. The molecule has 0 aliphatic carbocycles. The number of halogens is 1. The lowest BCUT2D eigenvalue weighted by Crippen LogP contribution is -2.40. The zero-order valence-corrected chi connectivity index (χ0v) is 12.6. The van der Waals surface area contributed by atoms with Gasteiger partial charge in [-0.25, -0.2) is 4.79 Å². The van der Waals surface area contributed by atoms with Crippen molar-refractivity contribution in [3.63, 3.8) is 0 Å². The van der Waals surface area contributed by atoms with E-state index in [0.29, 0.717) is 16.5 Å². The molecule has 112 valence electrons. The number of anilines is 1. The molecule has 0 fully saturated rings. The SMILES string of the molecule is Cc1ccc(Cl)c(NC(=O)NCC(C)(O)c2ccco2)c1. The van der Waals surface area contributed by atoms with Gasteiger partial charge in [0.05, 0.1) is 23.5 Å². The Labute approximate surface area is 127 Å². The quantitative estimate of drug-likeness (QED) is 0.811. The van der Waals surface area contributed by atoms with E-state index in [1.54, 1.807) is 31.2 Å². The first-order chi connectivity index (χ1) is 9.88. The number of urea groups is 1. The molecule has 2 aromatic rings. The van der Waals surface area contributed by atoms with E-state index in [-0.39, 0.29) is 6.54 Å². The van der Waals surface area contributed by atoms with Crippen LogP contribution in [-0.2, 0) is 5.60 Å². The molecule has 1 aromatic carbocycles. The van der Waals surface area contributed by atoms with E-state index in [1.165, 1.54) is 6.26 Å². The highest BCUT2D eigenvalue weighted by molar-refractivity contribution is 6.33. The summed E-state index contributed by atoms with van der Waals surface area (Å²) in [7, 11) is 0. The van der Waals surface area contributed by atoms with Crippen molar-refractivity contribution in [3.8, 4) is 0 Å². The van der Waals surface area contributed by atoms with Crippen LogP contribution in [0.25, 0.3) is 0 Å². The van der Waals surface area contributed by atoms with E-state index in [0.717, 1.165) is 5.56 Å². The fourth-order valence-electron chi connectivity index (χ4n) is 1.83. The summed E-state index contributed by atoms with van der Waals surface area (Å²) in [6, 6.07) is 8.22. The van der Waals surface area contributed by atoms with Gasteiger partial charge in [0.25, 0.3) is 0 Å². The number of benzene rings is 1. The number of aliphatic hydroxyl groups is 1. The number of aryl methyl sites for hydroxylation is 1. The molecule has 6 heteroatoms. The number of hydrogen-bond acceptors (Lipinski definition) is 3. The molecule has 0 aliphatic rings. The van der Waals surface area contributed by atoms with Crippen LogP contribution >= 0.6 is 11.6 Å². The number of nitrogens with one attached hydrogen (secondary N) is 2. The number of carbonyl (C=O) groups is 1. The number of hydrogen-bond donors (Lipinski definition) is 3. The second kappa shape index (κ2) is 6.20. The zero-order chi connectivity index (χ0) is 15.5. The number of furan rings is 1. The van der Waals surface area contributed by atoms with E-state index in [9.17, 15) is 9.90 Å². The predicted molar refractivity (Wildman–Crippen MR) is 81.5 cm³/mol. The Morgan fingerprint density at radius 1 is 1.43 bits per heavy atom. The van der Waals surface area contributed by atoms with Gasteiger partial charge in [0.1, 0.15) is 11.4 Å². The molecule has 21 heavy (non-hydrogen) atoms. The van der Waals surface area contributed by atoms with Crippen molar-refractivity contribution >= 4 is 23.3 Å². The summed E-state index contributed by atoms with van der Waals surface area (Å²) in [6.45, 7) is 3.47. The summed E-state index contributed by atoms with van der Waals surface area (Å²) in [5.41, 5.74) is 0.223. The van der Waals surface area contributed by atoms with E-state index in [4.69, 9.17) is 16.0 Å². The molecule has 0 bridgehead atoms. The van der Waals surface area contributed by atoms with Crippen molar-refractivity contribution in [1.29, 1.82) is 0 Å². The zero-order valence-electron chi connectivity index (χ0n) is 11.8. The minimum absolute atomic E-state index is 0.00970. The average Bonchev–Trinajstić information content (AvgIpc) is 2.96. The molecular formula is C15H17ClN2O3. The van der Waals surface area contributed by atoms with Gasteiger partial charge in [0.2, 0.25) is 0 Å². The van der Waals surface area contributed by atoms with Gasteiger partial charge in [-0.05, 0) is 43.7 Å². The van der Waals surface area contributed by atoms with Crippen LogP contribution in [0.4, 0.5) is 10.5 Å². The largest absolute Gasteiger partial charge is 0.466 e. The molecular weight excluding hydrogens is 292 g/mol. The molecule has 3 N–H and O–H groups in total. The van der Waals surface area contributed by atoms with Crippen LogP contribution in [0.15, 0.2) is 41.0 Å². The highest BCUT2D eigenvalue weighted by Crippen LogP contribution is 2.23. The first kappa shape index (κ1) is 15.4. The number of rotatable bonds is 4. The second-order valence-electron chi connectivity index (χ2n) is 5.04. The Hall–Kier alpha value is -1.98. The number of carbonyl (C=O) groups excluding carboxylic acids is 1. The first-order valence-electron chi connectivity index (χ1n) is 6.46. The smallest absolute Gasteiger partial charge is 0.319 e. The second-order valence-corrected chi connectivity index (χ2v) is 5.45. The van der Waals surface area contributed by atoms with Gasteiger partial charge >= 0.3 is 6.03 Å². The third-order valence-electron chi connectivity index (χ3n) is 3.02. The average molecular weight is 309 g/mol. The molecule has 2 rings (SSSR count). The van der Waals surface area contributed by atoms with E-state index in [1.807, 2.05) is 13.0 Å². The minimum atomic E-state index is -1.28. The van der Waals surface area contributed by atoms with Crippen LogP contribution in [0.3, 0.4) is 0 Å². The lowest BCUT2D eigenvalue weighted by atomic mass is 10.0. The van der Waals surface area contributed by atoms with Gasteiger partial charge in [0.15, 0.2) is 0 Å². The van der Waals surface area contributed by atoms with Crippen molar-refractivity contribution in [2.75, 3.05) is 11.9 Å². The molecule has 0 spiro atoms. The van der Waals surface area contributed by atoms with Gasteiger partial charge in [0, 0.05) is 0 Å². The summed E-state index contributed by atoms with van der Waals surface area (Å²) in [4.78, 5) is 11.9. The Kier molecular flexibility index (Phi) is 4.55. The van der Waals surface area contributed by atoms with Crippen molar-refractivity contribution in [2.45, 2.75) is 19.4 Å². The van der Waals surface area contributed by atoms with Gasteiger partial charge < -0.3 is 20.2 Å². The highest BCUT2D eigenvalue weighted by Gasteiger charge is 2.26. The highest BCUT2D eigenvalue weighted by atomic mass is 35.5. The molecule has 0 saturated carbocycles. The summed E-state index contributed by atoms with van der Waals surface area (Å²) >= 11 is 6.00. The van der Waals surface area contributed by atoms with Crippen molar-refractivity contribution < 1.29 is 14.3 Å². The van der Waals surface area contributed by atoms with Gasteiger partial charge in [-0.2, -0.15) is 0 Å². The molecule has 1 aromatic heterocycles. The molecule has 0 saturated heterocycles. The number of amides is 2. The first-order valence-corrected chi connectivity index (χ1v) is 6.83. The lowest BCUT2D eigenvalue weighted by molar-refractivity contribution is 0.0372. The molecule has 2 amide bonds. The van der Waals surface area contributed by atoms with Crippen LogP contribution in [0.5, 0.6) is 0 Å². The summed E-state index contributed by atoms with van der Waals surface area (Å²) in [5, 5.41) is 15.9. The van der Waals surface area contributed by atoms with Crippen molar-refractivity contribution in [2.24, 2.45) is 0 Å². The molecule has 1 atom stereocenters. The van der Waals surface area contributed by atoms with Crippen LogP contribution < -0.4 is 10.6 Å². The third-order valence-corrected chi connectivity index (χ3v) is 3.34. The fraction of sp³-hybridized carbons (Fsp3) is 0.267. The van der Waals surface area contributed by atoms with Gasteiger partial charge in [-0.15, -0.1) is 0 Å². The predicted octanol–water partition coefficient (Wildman–Crippen LogP) is 3.27. The van der Waals surface area contributed by atoms with E-state index < -0.39 is 11.6 Å². The Morgan fingerprint density at radius 2 is 2.19 bits per heavy atom. The van der Waals surface area contributed by atoms with Crippen LogP contribution in [-0.4, -0.2) is 17.7 Å². The summed E-state index contributed by atoms with van der Waals surface area (Å²) in [6.07, 6.45) is 1.47. The standard InChI is InChI=1S/C15H17ClN2O3/c1-10-5-6-11(16)12(8-10)18-14(19)17-9-15(2,20)13-4-3-7-21-13/h3-8,20H,9H2,1-2H3,(H2,17,18,19). The van der Waals surface area contributed by atoms with E-state index in [2.05, 4.69) is 10.6 Å². The van der Waals surface area contributed by atoms with E-state index >= 15 is 0 Å². The van der Waals surface area contributed by atoms with Crippen molar-refractivity contribution in [1.82, 2.24) is 5.32 Å². The maximum atomic E-state index is 11.9. The van der Waals surface area contributed by atoms with Crippen LogP contribution in [0.1, 0.15) is 18.2 Å². The molecule has 0 aliphatic heterocycles.